The van der Waals surface area contributed by atoms with Crippen LogP contribution in [0.4, 0.5) is 4.39 Å². The van der Waals surface area contributed by atoms with Crippen LogP contribution < -0.4 is 10.5 Å². The van der Waals surface area contributed by atoms with Gasteiger partial charge in [0.25, 0.3) is 0 Å². The van der Waals surface area contributed by atoms with Gasteiger partial charge in [-0.25, -0.2) is 13.7 Å². The van der Waals surface area contributed by atoms with Crippen LogP contribution in [0.2, 0.25) is 5.02 Å². The molecule has 0 aliphatic carbocycles. The van der Waals surface area contributed by atoms with Gasteiger partial charge >= 0.3 is 0 Å². The highest BCUT2D eigenvalue weighted by Gasteiger charge is 2.34. The Morgan fingerprint density at radius 3 is 2.88 bits per heavy atom. The monoisotopic (exact) mass is 378 g/mol. The number of nitrogens with zero attached hydrogens (tertiary/aromatic N) is 3. The lowest BCUT2D eigenvalue weighted by Gasteiger charge is -2.19. The molecule has 1 saturated heterocycles. The number of pyridine rings is 1. The summed E-state index contributed by atoms with van der Waals surface area (Å²) in [6.45, 7) is 1.85. The summed E-state index contributed by atoms with van der Waals surface area (Å²) in [5.74, 6) is -0.0613. The molecule has 2 N–H and O–H groups in total. The van der Waals surface area contributed by atoms with Gasteiger partial charge in [0.2, 0.25) is 0 Å². The summed E-state index contributed by atoms with van der Waals surface area (Å²) in [5.41, 5.74) is 5.86. The molecule has 130 valence electrons. The zero-order valence-electron chi connectivity index (χ0n) is 13.2. The third-order valence-electron chi connectivity index (χ3n) is 3.92. The first-order chi connectivity index (χ1) is 12.1. The van der Waals surface area contributed by atoms with E-state index >= 15 is 0 Å². The van der Waals surface area contributed by atoms with Crippen LogP contribution in [0.25, 0.3) is 0 Å². The molecular weight excluding hydrogens is 363 g/mol. The van der Waals surface area contributed by atoms with E-state index in [0.717, 1.165) is 11.6 Å². The molecular formula is C17H16ClFN4OS. The Morgan fingerprint density at radius 2 is 2.24 bits per heavy atom. The molecule has 1 unspecified atom stereocenters. The molecule has 5 nitrogen and oxygen atoms in total. The third-order valence-corrected chi connectivity index (χ3v) is 5.13. The second kappa shape index (κ2) is 8.02. The molecule has 0 amide bonds. The summed E-state index contributed by atoms with van der Waals surface area (Å²) >= 11 is 7.36. The minimum absolute atomic E-state index is 0.000131. The van der Waals surface area contributed by atoms with Crippen molar-refractivity contribution in [1.29, 1.82) is 5.26 Å². The number of nitrogens with two attached hydrogens (primary N) is 1. The van der Waals surface area contributed by atoms with Crippen molar-refractivity contribution in [2.24, 2.45) is 11.7 Å². The molecule has 2 atom stereocenters. The standard InChI is InChI=1S/C17H16ClFN4OS/c18-13-2-4-17(22-8-13)25-23-9-12(7-21)16(10-23)24-14-3-1-11(6-20)15(19)5-14/h1-5,8,12,16H,7,9-10,21H2/t12?,16-/m0/s1. The number of rotatable bonds is 5. The summed E-state index contributed by atoms with van der Waals surface area (Å²) in [5, 5.41) is 10.2. The van der Waals surface area contributed by atoms with Crippen LogP contribution in [0.5, 0.6) is 5.75 Å². The fourth-order valence-corrected chi connectivity index (χ4v) is 3.71. The fraction of sp³-hybridized carbons (Fsp3) is 0.294. The summed E-state index contributed by atoms with van der Waals surface area (Å²) in [7, 11) is 0. The highest BCUT2D eigenvalue weighted by molar-refractivity contribution is 7.97. The van der Waals surface area contributed by atoms with E-state index in [1.165, 1.54) is 24.1 Å². The second-order valence-electron chi connectivity index (χ2n) is 5.66. The first kappa shape index (κ1) is 18.0. The average Bonchev–Trinajstić information content (AvgIpc) is 2.98. The topological polar surface area (TPSA) is 75.2 Å². The number of hydrogen-bond acceptors (Lipinski definition) is 6. The van der Waals surface area contributed by atoms with Crippen LogP contribution in [-0.4, -0.2) is 35.0 Å². The zero-order chi connectivity index (χ0) is 17.8. The summed E-state index contributed by atoms with van der Waals surface area (Å²) in [6.07, 6.45) is 1.45. The van der Waals surface area contributed by atoms with Gasteiger partial charge in [0, 0.05) is 31.3 Å². The quantitative estimate of drug-likeness (QED) is 0.806. The van der Waals surface area contributed by atoms with Gasteiger partial charge in [-0.15, -0.1) is 0 Å². The maximum Gasteiger partial charge on any atom is 0.144 e. The molecule has 2 heterocycles. The Bertz CT molecular complexity index is 783. The Morgan fingerprint density at radius 1 is 1.40 bits per heavy atom. The Kier molecular flexibility index (Phi) is 5.76. The predicted octanol–water partition coefficient (Wildman–Crippen LogP) is 3.09. The third kappa shape index (κ3) is 4.41. The number of hydrogen-bond donors (Lipinski definition) is 1. The average molecular weight is 379 g/mol. The molecule has 1 aromatic carbocycles. The minimum atomic E-state index is -0.584. The van der Waals surface area contributed by atoms with Crippen LogP contribution in [0.15, 0.2) is 41.6 Å². The van der Waals surface area contributed by atoms with Crippen LogP contribution >= 0.6 is 23.5 Å². The first-order valence-corrected chi connectivity index (χ1v) is 8.85. The molecule has 0 saturated carbocycles. The molecule has 2 aromatic rings. The van der Waals surface area contributed by atoms with Gasteiger partial charge in [0.05, 0.1) is 10.6 Å². The van der Waals surface area contributed by atoms with Crippen molar-refractivity contribution in [3.63, 3.8) is 0 Å². The van der Waals surface area contributed by atoms with Gasteiger partial charge < -0.3 is 10.5 Å². The van der Waals surface area contributed by atoms with E-state index in [-0.39, 0.29) is 17.6 Å². The molecule has 1 aromatic heterocycles. The zero-order valence-corrected chi connectivity index (χ0v) is 14.8. The summed E-state index contributed by atoms with van der Waals surface area (Å²) in [4.78, 5) is 4.27. The van der Waals surface area contributed by atoms with Gasteiger partial charge in [0.15, 0.2) is 0 Å². The molecule has 25 heavy (non-hydrogen) atoms. The number of nitriles is 1. The molecule has 1 aliphatic rings. The lowest BCUT2D eigenvalue weighted by atomic mass is 10.1. The van der Waals surface area contributed by atoms with Crippen molar-refractivity contribution in [3.8, 4) is 11.8 Å². The van der Waals surface area contributed by atoms with E-state index in [1.807, 2.05) is 6.07 Å². The minimum Gasteiger partial charge on any atom is -0.489 e. The fourth-order valence-electron chi connectivity index (χ4n) is 2.62. The Labute approximate surface area is 154 Å². The van der Waals surface area contributed by atoms with Gasteiger partial charge in [-0.1, -0.05) is 11.6 Å². The molecule has 1 aliphatic heterocycles. The van der Waals surface area contributed by atoms with Crippen LogP contribution in [-0.2, 0) is 0 Å². The molecule has 0 spiro atoms. The van der Waals surface area contributed by atoms with Crippen LogP contribution in [0.1, 0.15) is 5.56 Å². The second-order valence-corrected chi connectivity index (χ2v) is 7.21. The van der Waals surface area contributed by atoms with E-state index in [9.17, 15) is 4.39 Å². The van der Waals surface area contributed by atoms with E-state index in [1.54, 1.807) is 24.4 Å². The SMILES string of the molecule is N#Cc1ccc(O[C@H]2CN(Sc3ccc(Cl)cn3)CC2CN)cc1F. The Balaban J connectivity index is 1.66. The summed E-state index contributed by atoms with van der Waals surface area (Å²) in [6, 6.07) is 9.70. The van der Waals surface area contributed by atoms with Crippen molar-refractivity contribution in [1.82, 2.24) is 9.29 Å². The number of halogens is 2. The van der Waals surface area contributed by atoms with E-state index in [4.69, 9.17) is 27.3 Å². The maximum absolute atomic E-state index is 13.7. The van der Waals surface area contributed by atoms with Crippen LogP contribution in [0.3, 0.4) is 0 Å². The van der Waals surface area contributed by atoms with Crippen molar-refractivity contribution in [2.75, 3.05) is 19.6 Å². The molecule has 0 radical (unpaired) electrons. The highest BCUT2D eigenvalue weighted by atomic mass is 35.5. The van der Waals surface area contributed by atoms with Crippen LogP contribution in [0, 0.1) is 23.1 Å². The van der Waals surface area contributed by atoms with E-state index in [2.05, 4.69) is 9.29 Å². The van der Waals surface area contributed by atoms with E-state index in [0.29, 0.717) is 23.9 Å². The van der Waals surface area contributed by atoms with Gasteiger partial charge in [-0.2, -0.15) is 5.26 Å². The normalized spacial score (nSPS) is 20.4. The molecule has 1 fully saturated rings. The van der Waals surface area contributed by atoms with E-state index < -0.39 is 5.82 Å². The van der Waals surface area contributed by atoms with Gasteiger partial charge in [-0.3, -0.25) is 0 Å². The van der Waals surface area contributed by atoms with Crippen molar-refractivity contribution in [2.45, 2.75) is 11.1 Å². The largest absolute Gasteiger partial charge is 0.489 e. The van der Waals surface area contributed by atoms with Crippen molar-refractivity contribution >= 4 is 23.5 Å². The molecule has 0 bridgehead atoms. The highest BCUT2D eigenvalue weighted by Crippen LogP contribution is 2.31. The first-order valence-electron chi connectivity index (χ1n) is 7.70. The number of ether oxygens (including phenoxy) is 1. The molecule has 3 rings (SSSR count). The summed E-state index contributed by atoms with van der Waals surface area (Å²) < 4.78 is 21.8. The van der Waals surface area contributed by atoms with Gasteiger partial charge in [-0.05, 0) is 42.8 Å². The number of aromatic nitrogens is 1. The molecule has 8 heteroatoms. The lowest BCUT2D eigenvalue weighted by molar-refractivity contribution is 0.174. The maximum atomic E-state index is 13.7. The smallest absolute Gasteiger partial charge is 0.144 e. The lowest BCUT2D eigenvalue weighted by Crippen LogP contribution is -2.31. The van der Waals surface area contributed by atoms with Crippen molar-refractivity contribution < 1.29 is 9.13 Å². The van der Waals surface area contributed by atoms with Crippen molar-refractivity contribution in [3.05, 3.63) is 52.9 Å². The van der Waals surface area contributed by atoms with Gasteiger partial charge in [0.1, 0.15) is 28.8 Å². The predicted molar refractivity (Wildman–Crippen MR) is 94.8 cm³/mol. The Hall–Kier alpha value is -1.85. The number of benzene rings is 1.